The topological polar surface area (TPSA) is 43.1 Å². The highest BCUT2D eigenvalue weighted by Gasteiger charge is 2.20. The molecule has 0 N–H and O–H groups in total. The molecule has 114 valence electrons. The van der Waals surface area contributed by atoms with Crippen LogP contribution >= 0.6 is 0 Å². The second-order valence-corrected chi connectivity index (χ2v) is 4.83. The van der Waals surface area contributed by atoms with E-state index in [4.69, 9.17) is 0 Å². The molecular formula is C14H18F2N4O. The van der Waals surface area contributed by atoms with Gasteiger partial charge in [0, 0.05) is 38.4 Å². The van der Waals surface area contributed by atoms with E-state index in [-0.39, 0.29) is 18.3 Å². The number of imidazole rings is 1. The fraction of sp³-hybridized carbons (Fsp3) is 0.429. The van der Waals surface area contributed by atoms with Crippen molar-refractivity contribution >= 4 is 5.91 Å². The number of carbonyl (C=O) groups is 1. The van der Waals surface area contributed by atoms with Crippen LogP contribution in [0, 0.1) is 0 Å². The number of aromatic nitrogens is 3. The molecule has 0 aliphatic rings. The Labute approximate surface area is 121 Å². The molecular weight excluding hydrogens is 278 g/mol. The maximum absolute atomic E-state index is 12.8. The molecule has 0 aromatic carbocycles. The van der Waals surface area contributed by atoms with Gasteiger partial charge in [-0.2, -0.15) is 8.78 Å². The number of carbonyl (C=O) groups excluding carboxylic acids is 1. The normalized spacial score (nSPS) is 11.1. The van der Waals surface area contributed by atoms with Crippen molar-refractivity contribution in [3.05, 3.63) is 41.7 Å². The molecule has 0 bridgehead atoms. The van der Waals surface area contributed by atoms with Gasteiger partial charge in [0.15, 0.2) is 0 Å². The van der Waals surface area contributed by atoms with Gasteiger partial charge in [0.05, 0.1) is 12.1 Å². The Morgan fingerprint density at radius 2 is 2.14 bits per heavy atom. The van der Waals surface area contributed by atoms with Crippen LogP contribution in [0.2, 0.25) is 0 Å². The van der Waals surface area contributed by atoms with E-state index in [1.807, 2.05) is 24.7 Å². The molecule has 1 amide bonds. The molecule has 0 unspecified atom stereocenters. The summed E-state index contributed by atoms with van der Waals surface area (Å²) < 4.78 is 28.2. The van der Waals surface area contributed by atoms with Crippen molar-refractivity contribution in [3.8, 4) is 0 Å². The fourth-order valence-electron chi connectivity index (χ4n) is 2.33. The lowest BCUT2D eigenvalue weighted by atomic mass is 10.2. The molecule has 0 aliphatic carbocycles. The Kier molecular flexibility index (Phi) is 4.40. The first-order valence-corrected chi connectivity index (χ1v) is 6.65. The zero-order valence-corrected chi connectivity index (χ0v) is 12.3. The quantitative estimate of drug-likeness (QED) is 0.850. The molecule has 5 nitrogen and oxygen atoms in total. The molecule has 2 aromatic rings. The van der Waals surface area contributed by atoms with Gasteiger partial charge in [-0.05, 0) is 12.5 Å². The average Bonchev–Trinajstić information content (AvgIpc) is 3.04. The van der Waals surface area contributed by atoms with Gasteiger partial charge in [-0.25, -0.2) is 4.98 Å². The second kappa shape index (κ2) is 6.07. The Morgan fingerprint density at radius 3 is 2.76 bits per heavy atom. The molecule has 0 fully saturated rings. The number of amides is 1. The predicted molar refractivity (Wildman–Crippen MR) is 74.1 cm³/mol. The number of rotatable bonds is 5. The first kappa shape index (κ1) is 15.2. The number of alkyl halides is 2. The van der Waals surface area contributed by atoms with Crippen molar-refractivity contribution in [2.24, 2.45) is 7.05 Å². The molecule has 0 saturated carbocycles. The highest BCUT2D eigenvalue weighted by Crippen LogP contribution is 2.17. The maximum atomic E-state index is 12.8. The Morgan fingerprint density at radius 1 is 1.43 bits per heavy atom. The van der Waals surface area contributed by atoms with Gasteiger partial charge < -0.3 is 9.47 Å². The largest absolute Gasteiger partial charge is 0.354 e. The minimum Gasteiger partial charge on any atom is -0.354 e. The number of nitrogens with zero attached hydrogens (tertiary/aromatic N) is 4. The van der Waals surface area contributed by atoms with Gasteiger partial charge >= 0.3 is 6.55 Å². The van der Waals surface area contributed by atoms with Crippen molar-refractivity contribution in [3.63, 3.8) is 0 Å². The summed E-state index contributed by atoms with van der Waals surface area (Å²) in [4.78, 5) is 17.7. The summed E-state index contributed by atoms with van der Waals surface area (Å²) in [5, 5.41) is 0. The van der Waals surface area contributed by atoms with Crippen LogP contribution in [-0.2, 0) is 20.0 Å². The third-order valence-electron chi connectivity index (χ3n) is 3.45. The maximum Gasteiger partial charge on any atom is 0.319 e. The average molecular weight is 296 g/mol. The number of hydrogen-bond acceptors (Lipinski definition) is 2. The highest BCUT2D eigenvalue weighted by atomic mass is 19.3. The van der Waals surface area contributed by atoms with Crippen molar-refractivity contribution < 1.29 is 13.6 Å². The lowest BCUT2D eigenvalue weighted by Crippen LogP contribution is -2.28. The summed E-state index contributed by atoms with van der Waals surface area (Å²) in [5.41, 5.74) is 1.52. The van der Waals surface area contributed by atoms with E-state index in [0.29, 0.717) is 5.56 Å². The lowest BCUT2D eigenvalue weighted by molar-refractivity contribution is 0.0612. The summed E-state index contributed by atoms with van der Waals surface area (Å²) in [5.74, 6) is -0.0360. The standard InChI is InChI=1S/C14H18F2N4O/c1-4-11-10(5-7-18(11)2)13(21)19(3)9-12-17-6-8-20(12)14(15)16/h5-8,14H,4,9H2,1-3H3. The molecule has 0 aliphatic heterocycles. The Hall–Kier alpha value is -2.18. The van der Waals surface area contributed by atoms with E-state index in [1.54, 1.807) is 13.1 Å². The molecule has 0 spiro atoms. The SMILES string of the molecule is CCc1c(C(=O)N(C)Cc2nccn2C(F)F)ccn1C. The van der Waals surface area contributed by atoms with Gasteiger partial charge in [-0.15, -0.1) is 0 Å². The van der Waals surface area contributed by atoms with Gasteiger partial charge in [-0.1, -0.05) is 6.92 Å². The zero-order chi connectivity index (χ0) is 15.6. The third kappa shape index (κ3) is 2.96. The van der Waals surface area contributed by atoms with Gasteiger partial charge in [0.2, 0.25) is 0 Å². The smallest absolute Gasteiger partial charge is 0.319 e. The number of hydrogen-bond donors (Lipinski definition) is 0. The van der Waals surface area contributed by atoms with Crippen LogP contribution in [0.4, 0.5) is 8.78 Å². The van der Waals surface area contributed by atoms with Crippen LogP contribution in [0.1, 0.15) is 35.3 Å². The summed E-state index contributed by atoms with van der Waals surface area (Å²) in [6.07, 6.45) is 5.06. The van der Waals surface area contributed by atoms with E-state index in [1.165, 1.54) is 17.3 Å². The third-order valence-corrected chi connectivity index (χ3v) is 3.45. The number of halogens is 2. The lowest BCUT2D eigenvalue weighted by Gasteiger charge is -2.18. The zero-order valence-electron chi connectivity index (χ0n) is 12.3. The van der Waals surface area contributed by atoms with E-state index < -0.39 is 6.55 Å². The molecule has 0 saturated heterocycles. The molecule has 21 heavy (non-hydrogen) atoms. The van der Waals surface area contributed by atoms with Crippen LogP contribution < -0.4 is 0 Å². The first-order chi connectivity index (χ1) is 9.95. The molecule has 2 aromatic heterocycles. The van der Waals surface area contributed by atoms with E-state index >= 15 is 0 Å². The summed E-state index contributed by atoms with van der Waals surface area (Å²) >= 11 is 0. The summed E-state index contributed by atoms with van der Waals surface area (Å²) in [6, 6.07) is 1.75. The molecule has 7 heteroatoms. The van der Waals surface area contributed by atoms with Crippen LogP contribution in [-0.4, -0.2) is 32.0 Å². The molecule has 2 rings (SSSR count). The summed E-state index contributed by atoms with van der Waals surface area (Å²) in [7, 11) is 3.46. The number of aryl methyl sites for hydroxylation is 1. The monoisotopic (exact) mass is 296 g/mol. The van der Waals surface area contributed by atoms with Crippen LogP contribution in [0.3, 0.4) is 0 Å². The fourth-order valence-corrected chi connectivity index (χ4v) is 2.33. The molecule has 0 atom stereocenters. The predicted octanol–water partition coefficient (Wildman–Crippen LogP) is 2.45. The molecule has 0 radical (unpaired) electrons. The van der Waals surface area contributed by atoms with E-state index in [0.717, 1.165) is 16.7 Å². The minimum absolute atomic E-state index is 0.0359. The van der Waals surface area contributed by atoms with Gasteiger partial charge in [-0.3, -0.25) is 9.36 Å². The van der Waals surface area contributed by atoms with Gasteiger partial charge in [0.25, 0.3) is 5.91 Å². The highest BCUT2D eigenvalue weighted by molar-refractivity contribution is 5.95. The van der Waals surface area contributed by atoms with Crippen molar-refractivity contribution in [1.82, 2.24) is 19.0 Å². The minimum atomic E-state index is -2.66. The van der Waals surface area contributed by atoms with Crippen molar-refractivity contribution in [2.75, 3.05) is 7.05 Å². The molecule has 2 heterocycles. The second-order valence-electron chi connectivity index (χ2n) is 4.83. The van der Waals surface area contributed by atoms with Crippen LogP contribution in [0.25, 0.3) is 0 Å². The van der Waals surface area contributed by atoms with Gasteiger partial charge in [0.1, 0.15) is 5.82 Å². The van der Waals surface area contributed by atoms with Crippen molar-refractivity contribution in [1.29, 1.82) is 0 Å². The van der Waals surface area contributed by atoms with Crippen LogP contribution in [0.15, 0.2) is 24.7 Å². The summed E-state index contributed by atoms with van der Waals surface area (Å²) in [6.45, 7) is -0.655. The van der Waals surface area contributed by atoms with Crippen molar-refractivity contribution in [2.45, 2.75) is 26.4 Å². The Bertz CT molecular complexity index is 633. The van der Waals surface area contributed by atoms with Crippen LogP contribution in [0.5, 0.6) is 0 Å². The first-order valence-electron chi connectivity index (χ1n) is 6.65. The Balaban J connectivity index is 2.18. The van der Waals surface area contributed by atoms with E-state index in [2.05, 4.69) is 4.98 Å². The van der Waals surface area contributed by atoms with E-state index in [9.17, 15) is 13.6 Å².